The Morgan fingerprint density at radius 2 is 1.92 bits per heavy atom. The van der Waals surface area contributed by atoms with E-state index in [0.717, 1.165) is 0 Å². The molecule has 0 aliphatic carbocycles. The van der Waals surface area contributed by atoms with Crippen LogP contribution in [-0.4, -0.2) is 27.8 Å². The third-order valence-corrected chi connectivity index (χ3v) is 2.68. The van der Waals surface area contributed by atoms with Gasteiger partial charge in [0.25, 0.3) is 0 Å². The molecule has 0 aliphatic heterocycles. The number of ether oxygens (including phenoxy) is 1. The first-order chi connectivity index (χ1) is 10.9. The molecule has 2 aromatic rings. The van der Waals surface area contributed by atoms with Gasteiger partial charge in [-0.15, -0.1) is 0 Å². The van der Waals surface area contributed by atoms with Crippen LogP contribution in [0.4, 0.5) is 23.8 Å². The largest absolute Gasteiger partial charge is 0.477 e. The molecule has 0 saturated heterocycles. The molecule has 0 spiro atoms. The van der Waals surface area contributed by atoms with Crippen LogP contribution in [0.2, 0.25) is 0 Å². The number of amides is 1. The van der Waals surface area contributed by atoms with Crippen molar-refractivity contribution in [3.8, 4) is 0 Å². The fourth-order valence-corrected chi connectivity index (χ4v) is 1.82. The molecule has 130 valence electrons. The van der Waals surface area contributed by atoms with Crippen LogP contribution in [0.15, 0.2) is 16.7 Å². The number of hydrogen-bond donors (Lipinski definition) is 2. The van der Waals surface area contributed by atoms with Gasteiger partial charge in [0.2, 0.25) is 5.88 Å². The number of carboxylic acids is 1. The van der Waals surface area contributed by atoms with Gasteiger partial charge in [0.1, 0.15) is 16.7 Å². The quantitative estimate of drug-likeness (QED) is 0.855. The Hall–Kier alpha value is -2.78. The van der Waals surface area contributed by atoms with Crippen LogP contribution in [0.25, 0.3) is 11.1 Å². The number of carboxylic acid groups (broad SMARTS) is 1. The van der Waals surface area contributed by atoms with Gasteiger partial charge in [-0.3, -0.25) is 10.3 Å². The van der Waals surface area contributed by atoms with Crippen LogP contribution in [0.1, 0.15) is 36.7 Å². The zero-order valence-electron chi connectivity index (χ0n) is 12.8. The molecule has 0 bridgehead atoms. The van der Waals surface area contributed by atoms with Crippen LogP contribution in [-0.2, 0) is 10.9 Å². The molecule has 2 heterocycles. The van der Waals surface area contributed by atoms with Gasteiger partial charge in [0.15, 0.2) is 5.58 Å². The molecule has 0 aliphatic rings. The molecule has 1 amide bonds. The Balaban J connectivity index is 2.47. The number of aromatic nitrogens is 1. The molecule has 0 fully saturated rings. The van der Waals surface area contributed by atoms with Crippen molar-refractivity contribution in [2.45, 2.75) is 32.5 Å². The number of rotatable bonds is 2. The fraction of sp³-hybridized carbons (Fsp3) is 0.357. The van der Waals surface area contributed by atoms with Crippen molar-refractivity contribution in [3.63, 3.8) is 0 Å². The maximum absolute atomic E-state index is 12.7. The van der Waals surface area contributed by atoms with Crippen LogP contribution >= 0.6 is 0 Å². The molecule has 10 heteroatoms. The van der Waals surface area contributed by atoms with Crippen LogP contribution < -0.4 is 5.32 Å². The van der Waals surface area contributed by atoms with Crippen molar-refractivity contribution in [2.24, 2.45) is 0 Å². The summed E-state index contributed by atoms with van der Waals surface area (Å²) >= 11 is 0. The Morgan fingerprint density at radius 3 is 2.42 bits per heavy atom. The second kappa shape index (κ2) is 5.69. The average Bonchev–Trinajstić information content (AvgIpc) is 2.71. The van der Waals surface area contributed by atoms with E-state index in [-0.39, 0.29) is 5.52 Å². The summed E-state index contributed by atoms with van der Waals surface area (Å²) in [5.41, 5.74) is -3.27. The van der Waals surface area contributed by atoms with E-state index in [1.807, 2.05) is 0 Å². The van der Waals surface area contributed by atoms with E-state index in [4.69, 9.17) is 9.15 Å². The first-order valence-corrected chi connectivity index (χ1v) is 6.61. The fourth-order valence-electron chi connectivity index (χ4n) is 1.82. The standard InChI is InChI=1S/C14H13F3N2O5/c1-13(2,3)24-12(22)19-10-8(11(20)21)9-7(23-10)4-6(5-18-9)14(15,16)17/h4-5H,1-3H3,(H,19,22)(H,20,21). The number of carbonyl (C=O) groups is 2. The third kappa shape index (κ3) is 3.76. The minimum Gasteiger partial charge on any atom is -0.477 e. The zero-order valence-corrected chi connectivity index (χ0v) is 12.8. The molecule has 0 saturated carbocycles. The number of pyridine rings is 1. The summed E-state index contributed by atoms with van der Waals surface area (Å²) in [7, 11) is 0. The number of anilines is 1. The number of alkyl halides is 3. The van der Waals surface area contributed by atoms with Crippen LogP contribution in [0, 0.1) is 0 Å². The highest BCUT2D eigenvalue weighted by Crippen LogP contribution is 2.34. The number of furan rings is 1. The first-order valence-electron chi connectivity index (χ1n) is 6.61. The van der Waals surface area contributed by atoms with Crippen LogP contribution in [0.3, 0.4) is 0 Å². The average molecular weight is 346 g/mol. The van der Waals surface area contributed by atoms with Gasteiger partial charge in [-0.1, -0.05) is 0 Å². The Bertz CT molecular complexity index is 805. The molecule has 2 N–H and O–H groups in total. The molecule has 0 radical (unpaired) electrons. The molecule has 24 heavy (non-hydrogen) atoms. The number of halogens is 3. The molecule has 2 aromatic heterocycles. The van der Waals surface area contributed by atoms with Gasteiger partial charge in [0.05, 0.1) is 5.56 Å². The molecule has 0 atom stereocenters. The second-order valence-electron chi connectivity index (χ2n) is 5.81. The highest BCUT2D eigenvalue weighted by atomic mass is 19.4. The third-order valence-electron chi connectivity index (χ3n) is 2.68. The van der Waals surface area contributed by atoms with Gasteiger partial charge in [0, 0.05) is 6.20 Å². The molecule has 2 rings (SSSR count). The van der Waals surface area contributed by atoms with E-state index in [2.05, 4.69) is 10.3 Å². The van der Waals surface area contributed by atoms with Crippen molar-refractivity contribution in [1.82, 2.24) is 4.98 Å². The van der Waals surface area contributed by atoms with E-state index in [9.17, 15) is 27.9 Å². The van der Waals surface area contributed by atoms with Crippen molar-refractivity contribution in [3.05, 3.63) is 23.4 Å². The minimum atomic E-state index is -4.67. The number of hydrogen-bond acceptors (Lipinski definition) is 5. The van der Waals surface area contributed by atoms with Crippen molar-refractivity contribution < 1.29 is 37.0 Å². The minimum absolute atomic E-state index is 0.318. The molecule has 0 aromatic carbocycles. The normalized spacial score (nSPS) is 12.2. The number of nitrogens with one attached hydrogen (secondary N) is 1. The van der Waals surface area contributed by atoms with Crippen molar-refractivity contribution in [2.75, 3.05) is 5.32 Å². The summed E-state index contributed by atoms with van der Waals surface area (Å²) in [6, 6.07) is 0.606. The van der Waals surface area contributed by atoms with Gasteiger partial charge < -0.3 is 14.3 Å². The summed E-state index contributed by atoms with van der Waals surface area (Å²) in [5.74, 6) is -2.08. The molecular weight excluding hydrogens is 333 g/mol. The Kier molecular flexibility index (Phi) is 4.17. The predicted molar refractivity (Wildman–Crippen MR) is 75.8 cm³/mol. The lowest BCUT2D eigenvalue weighted by Gasteiger charge is -2.19. The van der Waals surface area contributed by atoms with Gasteiger partial charge in [-0.25, -0.2) is 9.59 Å². The maximum Gasteiger partial charge on any atom is 0.418 e. The summed E-state index contributed by atoms with van der Waals surface area (Å²) < 4.78 is 48.0. The maximum atomic E-state index is 12.7. The van der Waals surface area contributed by atoms with Crippen LogP contribution in [0.5, 0.6) is 0 Å². The topological polar surface area (TPSA) is 102 Å². The predicted octanol–water partition coefficient (Wildman–Crippen LogP) is 3.89. The highest BCUT2D eigenvalue weighted by molar-refractivity contribution is 6.07. The number of aromatic carboxylic acids is 1. The SMILES string of the molecule is CC(C)(C)OC(=O)Nc1oc2cc(C(F)(F)F)cnc2c1C(=O)O. The first kappa shape index (κ1) is 17.6. The summed E-state index contributed by atoms with van der Waals surface area (Å²) in [6.07, 6.45) is -5.20. The number of carbonyl (C=O) groups excluding carboxylic acids is 1. The lowest BCUT2D eigenvalue weighted by Crippen LogP contribution is -2.27. The number of nitrogens with zero attached hydrogens (tertiary/aromatic N) is 1. The zero-order chi connectivity index (χ0) is 18.3. The van der Waals surface area contributed by atoms with E-state index >= 15 is 0 Å². The molecule has 0 unspecified atom stereocenters. The van der Waals surface area contributed by atoms with E-state index < -0.39 is 46.4 Å². The van der Waals surface area contributed by atoms with Gasteiger partial charge in [-0.05, 0) is 26.8 Å². The Morgan fingerprint density at radius 1 is 1.29 bits per heavy atom. The summed E-state index contributed by atoms with van der Waals surface area (Å²) in [4.78, 5) is 26.5. The second-order valence-corrected chi connectivity index (χ2v) is 5.81. The van der Waals surface area contributed by atoms with Gasteiger partial charge >= 0.3 is 18.2 Å². The molecular formula is C14H13F3N2O5. The number of fused-ring (bicyclic) bond motifs is 1. The van der Waals surface area contributed by atoms with E-state index in [0.29, 0.717) is 12.3 Å². The monoisotopic (exact) mass is 346 g/mol. The van der Waals surface area contributed by atoms with Gasteiger partial charge in [-0.2, -0.15) is 13.2 Å². The Labute approximate surface area is 133 Å². The lowest BCUT2D eigenvalue weighted by atomic mass is 10.2. The van der Waals surface area contributed by atoms with Crippen molar-refractivity contribution in [1.29, 1.82) is 0 Å². The highest BCUT2D eigenvalue weighted by Gasteiger charge is 2.33. The summed E-state index contributed by atoms with van der Waals surface area (Å²) in [5, 5.41) is 11.3. The summed E-state index contributed by atoms with van der Waals surface area (Å²) in [6.45, 7) is 4.75. The molecule has 7 nitrogen and oxygen atoms in total. The van der Waals surface area contributed by atoms with E-state index in [1.165, 1.54) is 0 Å². The lowest BCUT2D eigenvalue weighted by molar-refractivity contribution is -0.137. The van der Waals surface area contributed by atoms with E-state index in [1.54, 1.807) is 20.8 Å². The smallest absolute Gasteiger partial charge is 0.418 e. The van der Waals surface area contributed by atoms with Crippen molar-refractivity contribution >= 4 is 29.0 Å².